The van der Waals surface area contributed by atoms with Crippen LogP contribution in [0.5, 0.6) is 0 Å². The molecular formula is C38H68O16. The van der Waals surface area contributed by atoms with Crippen LogP contribution in [0.25, 0.3) is 0 Å². The molecule has 0 aromatic rings. The second kappa shape index (κ2) is 28.9. The molecule has 0 spiro atoms. The number of esters is 4. The smallest absolute Gasteiger partial charge is 0.306 e. The van der Waals surface area contributed by atoms with Crippen LogP contribution in [-0.4, -0.2) is 129 Å². The lowest BCUT2D eigenvalue weighted by atomic mass is 9.97. The summed E-state index contributed by atoms with van der Waals surface area (Å²) in [5, 5.41) is 61.1. The topological polar surface area (TPSA) is 245 Å². The van der Waals surface area contributed by atoms with Crippen molar-refractivity contribution in [2.75, 3.05) is 13.2 Å². The number of carbonyl (C=O) groups is 4. The van der Waals surface area contributed by atoms with Crippen molar-refractivity contribution in [2.24, 2.45) is 0 Å². The van der Waals surface area contributed by atoms with Crippen LogP contribution in [0.15, 0.2) is 0 Å². The molecule has 1 aliphatic rings. The fraction of sp³-hybridized carbons (Fsp3) is 0.895. The maximum Gasteiger partial charge on any atom is 0.306 e. The molecule has 316 valence electrons. The van der Waals surface area contributed by atoms with Gasteiger partial charge in [-0.1, -0.05) is 91.9 Å². The van der Waals surface area contributed by atoms with Crippen molar-refractivity contribution >= 4 is 23.9 Å². The van der Waals surface area contributed by atoms with Crippen molar-refractivity contribution in [3.8, 4) is 0 Å². The monoisotopic (exact) mass is 780 g/mol. The van der Waals surface area contributed by atoms with Gasteiger partial charge in [0, 0.05) is 25.7 Å². The van der Waals surface area contributed by atoms with Crippen LogP contribution in [0.2, 0.25) is 0 Å². The van der Waals surface area contributed by atoms with E-state index in [4.69, 9.17) is 28.4 Å². The van der Waals surface area contributed by atoms with Gasteiger partial charge < -0.3 is 59.1 Å². The Morgan fingerprint density at radius 2 is 0.963 bits per heavy atom. The van der Waals surface area contributed by atoms with E-state index in [2.05, 4.69) is 6.92 Å². The lowest BCUT2D eigenvalue weighted by Gasteiger charge is -2.45. The second-order valence-corrected chi connectivity index (χ2v) is 13.9. The first kappa shape index (κ1) is 49.6. The standard InChI is InChI=1S/C38H68O16/c1-5-9-13-14-18-22-30(44)53-36-35(52-29(43)21-17-12-8-4)34(51-28(42)20-16-11-7-3)26(24-49-27(41)19-15-10-6-2)50-38(36)54-37(48)33(47)32(46)31(45)25(40)23-39/h25-26,31-40,45-48H,5-24H2,1-4H3/t25-,26+,31-,32+,33-,34+,35-,36-,37?,38-/m0/s1. The van der Waals surface area contributed by atoms with E-state index in [0.717, 1.165) is 57.8 Å². The third-order valence-corrected chi connectivity index (χ3v) is 9.09. The van der Waals surface area contributed by atoms with Gasteiger partial charge in [-0.3, -0.25) is 19.2 Å². The second-order valence-electron chi connectivity index (χ2n) is 13.9. The highest BCUT2D eigenvalue weighted by Crippen LogP contribution is 2.32. The molecule has 0 saturated carbocycles. The number of carbonyl (C=O) groups excluding carboxylic acids is 4. The van der Waals surface area contributed by atoms with Crippen molar-refractivity contribution < 1.29 is 78.2 Å². The summed E-state index contributed by atoms with van der Waals surface area (Å²) >= 11 is 0. The van der Waals surface area contributed by atoms with Gasteiger partial charge in [0.05, 0.1) is 6.61 Å². The van der Waals surface area contributed by atoms with Crippen LogP contribution in [0.1, 0.15) is 143 Å². The van der Waals surface area contributed by atoms with Crippen molar-refractivity contribution in [1.82, 2.24) is 0 Å². The largest absolute Gasteiger partial charge is 0.463 e. The van der Waals surface area contributed by atoms with Gasteiger partial charge in [0.25, 0.3) is 0 Å². The molecule has 0 aliphatic carbocycles. The van der Waals surface area contributed by atoms with E-state index >= 15 is 0 Å². The Morgan fingerprint density at radius 1 is 0.537 bits per heavy atom. The van der Waals surface area contributed by atoms with Crippen LogP contribution in [0, 0.1) is 0 Å². The molecule has 1 unspecified atom stereocenters. The third kappa shape index (κ3) is 18.9. The Labute approximate surface area is 319 Å². The molecule has 1 heterocycles. The fourth-order valence-corrected chi connectivity index (χ4v) is 5.76. The highest BCUT2D eigenvalue weighted by Gasteiger charge is 2.54. The molecule has 10 atom stereocenters. The summed E-state index contributed by atoms with van der Waals surface area (Å²) in [5.41, 5.74) is 0. The zero-order chi connectivity index (χ0) is 40.5. The minimum Gasteiger partial charge on any atom is -0.463 e. The Morgan fingerprint density at radius 3 is 1.46 bits per heavy atom. The highest BCUT2D eigenvalue weighted by molar-refractivity contribution is 5.72. The quantitative estimate of drug-likeness (QED) is 0.0266. The number of hydrogen-bond acceptors (Lipinski definition) is 16. The van der Waals surface area contributed by atoms with Gasteiger partial charge in [0.1, 0.15) is 37.1 Å². The highest BCUT2D eigenvalue weighted by atomic mass is 16.8. The van der Waals surface area contributed by atoms with E-state index < -0.39 is 98.5 Å². The van der Waals surface area contributed by atoms with Gasteiger partial charge in [-0.15, -0.1) is 0 Å². The summed E-state index contributed by atoms with van der Waals surface area (Å²) < 4.78 is 34.7. The van der Waals surface area contributed by atoms with E-state index in [1.807, 2.05) is 20.8 Å². The third-order valence-electron chi connectivity index (χ3n) is 9.09. The van der Waals surface area contributed by atoms with Crippen LogP contribution >= 0.6 is 0 Å². The van der Waals surface area contributed by atoms with Gasteiger partial charge in [-0.2, -0.15) is 0 Å². The minimum absolute atomic E-state index is 0.00200. The molecule has 54 heavy (non-hydrogen) atoms. The van der Waals surface area contributed by atoms with E-state index in [1.165, 1.54) is 0 Å². The number of rotatable bonds is 30. The van der Waals surface area contributed by atoms with Gasteiger partial charge in [0.2, 0.25) is 6.29 Å². The molecule has 0 aromatic carbocycles. The summed E-state index contributed by atoms with van der Waals surface area (Å²) in [7, 11) is 0. The minimum atomic E-state index is -2.40. The Kier molecular flexibility index (Phi) is 26.5. The molecule has 1 aliphatic heterocycles. The molecule has 0 aromatic heterocycles. The van der Waals surface area contributed by atoms with Crippen LogP contribution in [-0.2, 0) is 47.6 Å². The number of aliphatic hydroxyl groups is 6. The Hall–Kier alpha value is -2.44. The summed E-state index contributed by atoms with van der Waals surface area (Å²) in [5.74, 6) is -2.75. The maximum atomic E-state index is 13.3. The Bertz CT molecular complexity index is 1040. The van der Waals surface area contributed by atoms with Crippen LogP contribution in [0.3, 0.4) is 0 Å². The first-order valence-electron chi connectivity index (χ1n) is 19.9. The van der Waals surface area contributed by atoms with Crippen molar-refractivity contribution in [3.63, 3.8) is 0 Å². The average molecular weight is 781 g/mol. The SMILES string of the molecule is CCCCCCCC(=O)O[C@@H]1[C@H](OC(O)[C@@H](O)[C@H](O)[C@@H](O)[C@@H](O)CO)O[C@H](COC(=O)CCCCC)[C@@H](OC(=O)CCCCC)[C@@H]1OC(=O)CCCCC. The normalized spacial score (nSPS) is 22.7. The molecule has 1 rings (SSSR count). The molecule has 0 amide bonds. The molecule has 6 N–H and O–H groups in total. The van der Waals surface area contributed by atoms with Crippen molar-refractivity contribution in [2.45, 2.75) is 205 Å². The summed E-state index contributed by atoms with van der Waals surface area (Å²) in [6.45, 7) is 6.41. The zero-order valence-corrected chi connectivity index (χ0v) is 32.7. The number of aliphatic hydroxyl groups excluding tert-OH is 6. The lowest BCUT2D eigenvalue weighted by molar-refractivity contribution is -0.349. The molecule has 0 radical (unpaired) electrons. The van der Waals surface area contributed by atoms with Crippen LogP contribution in [0.4, 0.5) is 0 Å². The molecular weight excluding hydrogens is 712 g/mol. The van der Waals surface area contributed by atoms with Gasteiger partial charge >= 0.3 is 23.9 Å². The van der Waals surface area contributed by atoms with E-state index in [0.29, 0.717) is 32.1 Å². The molecule has 1 saturated heterocycles. The van der Waals surface area contributed by atoms with E-state index in [9.17, 15) is 49.8 Å². The first-order chi connectivity index (χ1) is 25.8. The number of unbranched alkanes of at least 4 members (excludes halogenated alkanes) is 10. The summed E-state index contributed by atoms with van der Waals surface area (Å²) in [4.78, 5) is 52.4. The lowest BCUT2D eigenvalue weighted by Crippen LogP contribution is -2.64. The van der Waals surface area contributed by atoms with Crippen molar-refractivity contribution in [1.29, 1.82) is 0 Å². The van der Waals surface area contributed by atoms with Gasteiger partial charge in [-0.05, 0) is 25.7 Å². The summed E-state index contributed by atoms with van der Waals surface area (Å²) in [6.07, 6.45) is -8.86. The predicted octanol–water partition coefficient (Wildman–Crippen LogP) is 2.86. The average Bonchev–Trinajstić information content (AvgIpc) is 3.15. The van der Waals surface area contributed by atoms with Gasteiger partial charge in [0.15, 0.2) is 24.6 Å². The van der Waals surface area contributed by atoms with Crippen molar-refractivity contribution in [3.05, 3.63) is 0 Å². The fourth-order valence-electron chi connectivity index (χ4n) is 5.76. The molecule has 16 nitrogen and oxygen atoms in total. The predicted molar refractivity (Wildman–Crippen MR) is 193 cm³/mol. The van der Waals surface area contributed by atoms with E-state index in [-0.39, 0.29) is 25.7 Å². The zero-order valence-electron chi connectivity index (χ0n) is 32.7. The van der Waals surface area contributed by atoms with Crippen LogP contribution < -0.4 is 0 Å². The first-order valence-corrected chi connectivity index (χ1v) is 19.9. The Balaban J connectivity index is 3.64. The van der Waals surface area contributed by atoms with E-state index in [1.54, 1.807) is 0 Å². The number of ether oxygens (including phenoxy) is 6. The maximum absolute atomic E-state index is 13.3. The number of hydrogen-bond donors (Lipinski definition) is 6. The molecule has 16 heteroatoms. The molecule has 1 fully saturated rings. The molecule has 0 bridgehead atoms. The summed E-state index contributed by atoms with van der Waals surface area (Å²) in [6, 6.07) is 0. The van der Waals surface area contributed by atoms with Gasteiger partial charge in [-0.25, -0.2) is 0 Å².